The molecule has 0 fully saturated rings. The first-order valence-electron chi connectivity index (χ1n) is 6.89. The Morgan fingerprint density at radius 3 is 2.52 bits per heavy atom. The van der Waals surface area contributed by atoms with Crippen LogP contribution in [0.2, 0.25) is 0 Å². The van der Waals surface area contributed by atoms with E-state index in [0.717, 1.165) is 16.8 Å². The maximum atomic E-state index is 12.4. The molecule has 0 aliphatic heterocycles. The van der Waals surface area contributed by atoms with Gasteiger partial charge in [0.1, 0.15) is 5.75 Å². The third-order valence-electron chi connectivity index (χ3n) is 3.50. The van der Waals surface area contributed by atoms with Crippen molar-refractivity contribution < 1.29 is 9.53 Å². The van der Waals surface area contributed by atoms with Gasteiger partial charge in [-0.1, -0.05) is 11.6 Å². The maximum absolute atomic E-state index is 12.4. The molecule has 0 amide bonds. The topological polar surface area (TPSA) is 48.3 Å². The highest BCUT2D eigenvalue weighted by molar-refractivity contribution is 5.94. The molecule has 0 spiro atoms. The van der Waals surface area contributed by atoms with E-state index in [9.17, 15) is 9.59 Å². The molecule has 0 radical (unpaired) electrons. The Labute approximate surface area is 124 Å². The van der Waals surface area contributed by atoms with Gasteiger partial charge in [-0.3, -0.25) is 9.59 Å². The van der Waals surface area contributed by atoms with E-state index in [2.05, 4.69) is 0 Å². The number of Topliss-reactive ketones (excluding diaryl/α,β-unsaturated/α-hetero) is 1. The molecular formula is C17H19NO3. The molecule has 4 heteroatoms. The average molecular weight is 285 g/mol. The van der Waals surface area contributed by atoms with Gasteiger partial charge in [0, 0.05) is 12.1 Å². The second kappa shape index (κ2) is 5.95. The van der Waals surface area contributed by atoms with Crippen molar-refractivity contribution in [2.75, 3.05) is 7.11 Å². The first-order valence-corrected chi connectivity index (χ1v) is 6.89. The lowest BCUT2D eigenvalue weighted by molar-refractivity contribution is 0.101. The lowest BCUT2D eigenvalue weighted by atomic mass is 10.0. The summed E-state index contributed by atoms with van der Waals surface area (Å²) in [6.45, 7) is 5.77. The highest BCUT2D eigenvalue weighted by Gasteiger charge is 2.15. The number of carbonyl (C=O) groups is 1. The van der Waals surface area contributed by atoms with Crippen molar-refractivity contribution in [1.82, 2.24) is 4.57 Å². The van der Waals surface area contributed by atoms with E-state index in [1.54, 1.807) is 23.8 Å². The number of carbonyl (C=O) groups excluding carboxylic acids is 1. The molecule has 0 aliphatic carbocycles. The largest absolute Gasteiger partial charge is 0.496 e. The van der Waals surface area contributed by atoms with Crippen molar-refractivity contribution in [3.05, 3.63) is 51.8 Å². The van der Waals surface area contributed by atoms with Crippen molar-refractivity contribution in [2.24, 2.45) is 0 Å². The first-order chi connectivity index (χ1) is 9.99. The fraction of sp³-hybridized carbons (Fsp3) is 0.294. The summed E-state index contributed by atoms with van der Waals surface area (Å²) >= 11 is 0. The van der Waals surface area contributed by atoms with Crippen molar-refractivity contribution >= 4 is 5.78 Å². The van der Waals surface area contributed by atoms with Crippen LogP contribution in [0.1, 0.15) is 29.8 Å². The van der Waals surface area contributed by atoms with Crippen molar-refractivity contribution in [3.63, 3.8) is 0 Å². The van der Waals surface area contributed by atoms with Crippen LogP contribution >= 0.6 is 0 Å². The summed E-state index contributed by atoms with van der Waals surface area (Å²) in [5.74, 6) is 0.489. The van der Waals surface area contributed by atoms with Crippen LogP contribution in [0.15, 0.2) is 35.1 Å². The second-order valence-corrected chi connectivity index (χ2v) is 4.94. The predicted octanol–water partition coefficient (Wildman–Crippen LogP) is 3.05. The number of hydrogen-bond acceptors (Lipinski definition) is 3. The SMILES string of the molecule is CCn1c(-c2cc(C)ccc2OC)ccc(C(C)=O)c1=O. The molecule has 2 aromatic rings. The third kappa shape index (κ3) is 2.75. The van der Waals surface area contributed by atoms with Crippen molar-refractivity contribution in [3.8, 4) is 17.0 Å². The Morgan fingerprint density at radius 1 is 1.24 bits per heavy atom. The average Bonchev–Trinajstić information content (AvgIpc) is 2.46. The van der Waals surface area contributed by atoms with Crippen LogP contribution < -0.4 is 10.3 Å². The highest BCUT2D eigenvalue weighted by atomic mass is 16.5. The van der Waals surface area contributed by atoms with E-state index in [-0.39, 0.29) is 16.9 Å². The summed E-state index contributed by atoms with van der Waals surface area (Å²) in [6, 6.07) is 9.22. The summed E-state index contributed by atoms with van der Waals surface area (Å²) in [5.41, 5.74) is 2.65. The Balaban J connectivity index is 2.76. The number of rotatable bonds is 4. The summed E-state index contributed by atoms with van der Waals surface area (Å²) in [5, 5.41) is 0. The number of aryl methyl sites for hydroxylation is 1. The number of ether oxygens (including phenoxy) is 1. The van der Waals surface area contributed by atoms with Gasteiger partial charge in [0.25, 0.3) is 5.56 Å². The van der Waals surface area contributed by atoms with E-state index in [1.165, 1.54) is 6.92 Å². The quantitative estimate of drug-likeness (QED) is 0.811. The van der Waals surface area contributed by atoms with Crippen LogP contribution in [0.4, 0.5) is 0 Å². The lowest BCUT2D eigenvalue weighted by Gasteiger charge is -2.15. The molecular weight excluding hydrogens is 266 g/mol. The third-order valence-corrected chi connectivity index (χ3v) is 3.50. The normalized spacial score (nSPS) is 10.5. The van der Waals surface area contributed by atoms with Crippen LogP contribution in [0.25, 0.3) is 11.3 Å². The van der Waals surface area contributed by atoms with Gasteiger partial charge in [-0.2, -0.15) is 0 Å². The molecule has 1 aromatic heterocycles. The minimum atomic E-state index is -0.258. The predicted molar refractivity (Wildman–Crippen MR) is 83.1 cm³/mol. The van der Waals surface area contributed by atoms with E-state index in [0.29, 0.717) is 12.3 Å². The van der Waals surface area contributed by atoms with Crippen molar-refractivity contribution in [1.29, 1.82) is 0 Å². The molecule has 0 unspecified atom stereocenters. The minimum Gasteiger partial charge on any atom is -0.496 e. The van der Waals surface area contributed by atoms with Crippen LogP contribution in [-0.2, 0) is 6.54 Å². The smallest absolute Gasteiger partial charge is 0.261 e. The summed E-state index contributed by atoms with van der Waals surface area (Å²) in [6.07, 6.45) is 0. The summed E-state index contributed by atoms with van der Waals surface area (Å²) in [7, 11) is 1.60. The number of nitrogens with zero attached hydrogens (tertiary/aromatic N) is 1. The lowest BCUT2D eigenvalue weighted by Crippen LogP contribution is -2.26. The van der Waals surface area contributed by atoms with Gasteiger partial charge < -0.3 is 9.30 Å². The molecule has 0 saturated carbocycles. The summed E-state index contributed by atoms with van der Waals surface area (Å²) < 4.78 is 6.99. The van der Waals surface area contributed by atoms with Gasteiger partial charge >= 0.3 is 0 Å². The highest BCUT2D eigenvalue weighted by Crippen LogP contribution is 2.30. The van der Waals surface area contributed by atoms with Gasteiger partial charge in [-0.25, -0.2) is 0 Å². The number of aromatic nitrogens is 1. The van der Waals surface area contributed by atoms with Crippen LogP contribution in [-0.4, -0.2) is 17.5 Å². The molecule has 0 aliphatic rings. The van der Waals surface area contributed by atoms with E-state index in [4.69, 9.17) is 4.74 Å². The molecule has 1 aromatic carbocycles. The van der Waals surface area contributed by atoms with Crippen molar-refractivity contribution in [2.45, 2.75) is 27.3 Å². The molecule has 0 bridgehead atoms. The summed E-state index contributed by atoms with van der Waals surface area (Å²) in [4.78, 5) is 23.9. The monoisotopic (exact) mass is 285 g/mol. The first kappa shape index (κ1) is 15.0. The van der Waals surface area contributed by atoms with Crippen LogP contribution in [0.5, 0.6) is 5.75 Å². The van der Waals surface area contributed by atoms with Crippen LogP contribution in [0.3, 0.4) is 0 Å². The van der Waals surface area contributed by atoms with Gasteiger partial charge in [-0.05, 0) is 45.0 Å². The van der Waals surface area contributed by atoms with Gasteiger partial charge in [0.05, 0.1) is 18.4 Å². The van der Waals surface area contributed by atoms with E-state index in [1.807, 2.05) is 32.0 Å². The van der Waals surface area contributed by atoms with Gasteiger partial charge in [-0.15, -0.1) is 0 Å². The molecule has 110 valence electrons. The molecule has 21 heavy (non-hydrogen) atoms. The van der Waals surface area contributed by atoms with E-state index < -0.39 is 0 Å². The maximum Gasteiger partial charge on any atom is 0.261 e. The fourth-order valence-corrected chi connectivity index (χ4v) is 2.42. The zero-order chi connectivity index (χ0) is 15.6. The van der Waals surface area contributed by atoms with E-state index >= 15 is 0 Å². The van der Waals surface area contributed by atoms with Crippen LogP contribution in [0, 0.1) is 6.92 Å². The minimum absolute atomic E-state index is 0.215. The Morgan fingerprint density at radius 2 is 1.95 bits per heavy atom. The molecule has 0 saturated heterocycles. The zero-order valence-corrected chi connectivity index (χ0v) is 12.8. The van der Waals surface area contributed by atoms with Gasteiger partial charge in [0.2, 0.25) is 0 Å². The fourth-order valence-electron chi connectivity index (χ4n) is 2.42. The zero-order valence-electron chi connectivity index (χ0n) is 12.8. The standard InChI is InChI=1S/C17H19NO3/c1-5-18-15(8-7-13(12(3)19)17(18)20)14-10-11(2)6-9-16(14)21-4/h6-10H,5H2,1-4H3. The number of methoxy groups -OCH3 is 1. The molecule has 2 rings (SSSR count). The molecule has 4 nitrogen and oxygen atoms in total. The molecule has 0 N–H and O–H groups in total. The second-order valence-electron chi connectivity index (χ2n) is 4.94. The molecule has 1 heterocycles. The Hall–Kier alpha value is -2.36. The van der Waals surface area contributed by atoms with Gasteiger partial charge in [0.15, 0.2) is 5.78 Å². The molecule has 0 atom stereocenters. The number of ketones is 1. The number of hydrogen-bond donors (Lipinski definition) is 0. The Bertz CT molecular complexity index is 744. The Kier molecular flexibility index (Phi) is 4.26. The number of pyridine rings is 1. The number of benzene rings is 1.